The van der Waals surface area contributed by atoms with Crippen molar-refractivity contribution < 1.29 is 4.42 Å². The highest BCUT2D eigenvalue weighted by Gasteiger charge is 2.37. The lowest BCUT2D eigenvalue weighted by atomic mass is 9.82. The number of benzene rings is 8. The number of oxazole rings is 1. The molecule has 0 atom stereocenters. The van der Waals surface area contributed by atoms with E-state index in [1.807, 2.05) is 91.0 Å². The van der Waals surface area contributed by atoms with Gasteiger partial charge < -0.3 is 8.98 Å². The Bertz CT molecular complexity index is 3420. The van der Waals surface area contributed by atoms with Gasteiger partial charge in [0.2, 0.25) is 5.89 Å². The van der Waals surface area contributed by atoms with E-state index < -0.39 is 0 Å². The Balaban J connectivity index is 1.03. The average molecular weight is 784 g/mol. The molecule has 11 aromatic rings. The maximum absolute atomic E-state index is 6.36. The number of nitrogens with zero attached hydrogens (tertiary/aromatic N) is 5. The van der Waals surface area contributed by atoms with Gasteiger partial charge in [0.05, 0.1) is 11.0 Å². The molecule has 0 fully saturated rings. The topological polar surface area (TPSA) is 69.6 Å². The van der Waals surface area contributed by atoms with Crippen molar-refractivity contribution in [2.45, 2.75) is 19.3 Å². The lowest BCUT2D eigenvalue weighted by Gasteiger charge is -2.22. The van der Waals surface area contributed by atoms with E-state index in [1.165, 1.54) is 27.8 Å². The molecule has 0 N–H and O–H groups in total. The van der Waals surface area contributed by atoms with Crippen LogP contribution in [-0.2, 0) is 5.41 Å². The summed E-state index contributed by atoms with van der Waals surface area (Å²) in [6, 6.07) is 65.7. The van der Waals surface area contributed by atoms with Crippen molar-refractivity contribution in [1.82, 2.24) is 24.5 Å². The molecule has 0 amide bonds. The van der Waals surface area contributed by atoms with Gasteiger partial charge in [0, 0.05) is 44.1 Å². The van der Waals surface area contributed by atoms with E-state index in [1.54, 1.807) is 0 Å². The molecule has 6 heteroatoms. The number of aromatic nitrogens is 5. The van der Waals surface area contributed by atoms with Gasteiger partial charge in [-0.1, -0.05) is 135 Å². The van der Waals surface area contributed by atoms with Gasteiger partial charge in [-0.2, -0.15) is 0 Å². The van der Waals surface area contributed by atoms with Crippen molar-refractivity contribution in [2.75, 3.05) is 0 Å². The van der Waals surface area contributed by atoms with E-state index in [4.69, 9.17) is 24.4 Å². The van der Waals surface area contributed by atoms with E-state index in [0.717, 1.165) is 66.4 Å². The summed E-state index contributed by atoms with van der Waals surface area (Å²) in [6.45, 7) is 4.63. The Morgan fingerprint density at radius 1 is 0.410 bits per heavy atom. The fourth-order valence-electron chi connectivity index (χ4n) is 9.17. The summed E-state index contributed by atoms with van der Waals surface area (Å²) >= 11 is 0. The van der Waals surface area contributed by atoms with Crippen LogP contribution in [-0.4, -0.2) is 24.5 Å². The molecular weight excluding hydrogens is 747 g/mol. The molecule has 12 rings (SSSR count). The molecule has 8 aromatic carbocycles. The van der Waals surface area contributed by atoms with Crippen LogP contribution in [0.3, 0.4) is 0 Å². The number of hydrogen-bond donors (Lipinski definition) is 0. The fraction of sp³-hybridized carbons (Fsp3) is 0.0545. The Morgan fingerprint density at radius 3 is 1.52 bits per heavy atom. The van der Waals surface area contributed by atoms with Gasteiger partial charge in [-0.15, -0.1) is 0 Å². The Hall–Kier alpha value is -7.96. The smallest absolute Gasteiger partial charge is 0.227 e. The van der Waals surface area contributed by atoms with Crippen molar-refractivity contribution in [3.05, 3.63) is 199 Å². The van der Waals surface area contributed by atoms with Crippen LogP contribution in [0.5, 0.6) is 0 Å². The first-order valence-corrected chi connectivity index (χ1v) is 20.6. The summed E-state index contributed by atoms with van der Waals surface area (Å²) in [6.07, 6.45) is 0. The highest BCUT2D eigenvalue weighted by atomic mass is 16.3. The number of fused-ring (bicyclic) bond motifs is 7. The normalized spacial score (nSPS) is 12.9. The minimum absolute atomic E-state index is 0.271. The SMILES string of the molecule is CC1(C)c2cc(-n3c4ccc(-c5ccccc5)cc4c4cc(-c5nc(-c6ccccc6)nc(-c6ccccc6)n5)ccc43)ccc2-c2cc3nc(-c4ccccc4)oc3cc21. The molecule has 3 heterocycles. The third kappa shape index (κ3) is 5.71. The highest BCUT2D eigenvalue weighted by Crippen LogP contribution is 2.51. The van der Waals surface area contributed by atoms with Crippen LogP contribution in [0.4, 0.5) is 0 Å². The molecule has 1 aliphatic rings. The predicted molar refractivity (Wildman–Crippen MR) is 246 cm³/mol. The maximum Gasteiger partial charge on any atom is 0.227 e. The average Bonchev–Trinajstić information content (AvgIpc) is 3.96. The van der Waals surface area contributed by atoms with Crippen LogP contribution in [0.2, 0.25) is 0 Å². The summed E-state index contributed by atoms with van der Waals surface area (Å²) in [4.78, 5) is 20.0. The van der Waals surface area contributed by atoms with Crippen LogP contribution in [0.15, 0.2) is 192 Å². The molecule has 0 unspecified atom stereocenters. The van der Waals surface area contributed by atoms with Gasteiger partial charge in [0.1, 0.15) is 5.52 Å². The molecule has 288 valence electrons. The van der Waals surface area contributed by atoms with Gasteiger partial charge >= 0.3 is 0 Å². The monoisotopic (exact) mass is 783 g/mol. The molecule has 0 spiro atoms. The zero-order valence-electron chi connectivity index (χ0n) is 33.5. The molecule has 0 saturated heterocycles. The van der Waals surface area contributed by atoms with Crippen LogP contribution < -0.4 is 0 Å². The van der Waals surface area contributed by atoms with Gasteiger partial charge in [-0.25, -0.2) is 19.9 Å². The Labute approximate surface area is 352 Å². The summed E-state index contributed by atoms with van der Waals surface area (Å²) in [5, 5.41) is 2.28. The van der Waals surface area contributed by atoms with Gasteiger partial charge in [0.25, 0.3) is 0 Å². The first-order chi connectivity index (χ1) is 30.0. The van der Waals surface area contributed by atoms with Crippen molar-refractivity contribution in [1.29, 1.82) is 0 Å². The van der Waals surface area contributed by atoms with Crippen LogP contribution in [0, 0.1) is 0 Å². The van der Waals surface area contributed by atoms with Gasteiger partial charge in [-0.3, -0.25) is 0 Å². The minimum atomic E-state index is -0.271. The highest BCUT2D eigenvalue weighted by molar-refractivity contribution is 6.11. The maximum atomic E-state index is 6.36. The summed E-state index contributed by atoms with van der Waals surface area (Å²) in [7, 11) is 0. The molecule has 0 aliphatic heterocycles. The molecular formula is C55H37N5O. The van der Waals surface area contributed by atoms with Crippen molar-refractivity contribution in [3.8, 4) is 73.6 Å². The van der Waals surface area contributed by atoms with E-state index in [0.29, 0.717) is 23.4 Å². The molecule has 0 saturated carbocycles. The second-order valence-corrected chi connectivity index (χ2v) is 16.3. The molecule has 3 aromatic heterocycles. The fourth-order valence-corrected chi connectivity index (χ4v) is 9.17. The molecule has 0 bridgehead atoms. The lowest BCUT2D eigenvalue weighted by Crippen LogP contribution is -2.15. The van der Waals surface area contributed by atoms with Crippen LogP contribution in [0.25, 0.3) is 106 Å². The summed E-state index contributed by atoms with van der Waals surface area (Å²) in [5.41, 5.74) is 15.8. The largest absolute Gasteiger partial charge is 0.436 e. The Kier molecular flexibility index (Phi) is 7.78. The van der Waals surface area contributed by atoms with Crippen molar-refractivity contribution in [2.24, 2.45) is 0 Å². The van der Waals surface area contributed by atoms with Crippen LogP contribution >= 0.6 is 0 Å². The molecule has 1 aliphatic carbocycles. The molecule has 0 radical (unpaired) electrons. The Morgan fingerprint density at radius 2 is 0.918 bits per heavy atom. The number of hydrogen-bond acceptors (Lipinski definition) is 5. The standard InChI is InChI=1S/C55H37N5O/c1-55(2)45-31-40(25-26-41(45)42-32-47-50(33-46(42)55)61-54(56-47)37-21-13-6-14-22-37)60-48-27-23-38(34-15-7-3-8-16-34)29-43(48)44-30-39(24-28-49(44)60)53-58-51(35-17-9-4-10-18-35)57-52(59-53)36-19-11-5-12-20-36/h3-33H,1-2H3. The third-order valence-electron chi connectivity index (χ3n) is 12.3. The summed E-state index contributed by atoms with van der Waals surface area (Å²) in [5.74, 6) is 2.55. The second-order valence-electron chi connectivity index (χ2n) is 16.3. The van der Waals surface area contributed by atoms with Crippen molar-refractivity contribution in [3.63, 3.8) is 0 Å². The predicted octanol–water partition coefficient (Wildman–Crippen LogP) is 13.8. The quantitative estimate of drug-likeness (QED) is 0.168. The first-order valence-electron chi connectivity index (χ1n) is 20.6. The lowest BCUT2D eigenvalue weighted by molar-refractivity contribution is 0.614. The number of rotatable bonds is 6. The first kappa shape index (κ1) is 35.0. The molecule has 6 nitrogen and oxygen atoms in total. The van der Waals surface area contributed by atoms with E-state index in [9.17, 15) is 0 Å². The van der Waals surface area contributed by atoms with E-state index in [-0.39, 0.29) is 5.41 Å². The van der Waals surface area contributed by atoms with Gasteiger partial charge in [0.15, 0.2) is 23.1 Å². The van der Waals surface area contributed by atoms with Gasteiger partial charge in [-0.05, 0) is 100 Å². The molecule has 61 heavy (non-hydrogen) atoms. The second kappa shape index (κ2) is 13.5. The van der Waals surface area contributed by atoms with Crippen molar-refractivity contribution >= 4 is 32.9 Å². The van der Waals surface area contributed by atoms with E-state index >= 15 is 0 Å². The minimum Gasteiger partial charge on any atom is -0.436 e. The zero-order chi connectivity index (χ0) is 40.7. The summed E-state index contributed by atoms with van der Waals surface area (Å²) < 4.78 is 8.77. The third-order valence-corrected chi connectivity index (χ3v) is 12.3. The zero-order valence-corrected chi connectivity index (χ0v) is 33.5. The van der Waals surface area contributed by atoms with E-state index in [2.05, 4.69) is 115 Å². The van der Waals surface area contributed by atoms with Crippen LogP contribution in [0.1, 0.15) is 25.0 Å².